The van der Waals surface area contributed by atoms with Crippen LogP contribution in [0.5, 0.6) is 0 Å². The highest BCUT2D eigenvalue weighted by Crippen LogP contribution is 2.35. The summed E-state index contributed by atoms with van der Waals surface area (Å²) >= 11 is 0. The number of hydrogen-bond donors (Lipinski definition) is 1. The molecule has 29 heavy (non-hydrogen) atoms. The standard InChI is InChI=1S/C25H32FN3/c26-22-10-8-20(9-11-22)24-18-29-25(17-23(24)21-12-15-27-16-13-21)28-14-4-7-19-5-2-1-3-6-19/h1-2,8-10,15,17-19,21-22H,3-7,11-14,16H2,(H,28,29). The number of hydrogen-bond acceptors (Lipinski definition) is 3. The van der Waals surface area contributed by atoms with Crippen LogP contribution < -0.4 is 5.32 Å². The number of alkyl halides is 1. The summed E-state index contributed by atoms with van der Waals surface area (Å²) in [6.07, 6.45) is 22.1. The van der Waals surface area contributed by atoms with Gasteiger partial charge in [0.1, 0.15) is 12.0 Å². The molecule has 3 unspecified atom stereocenters. The van der Waals surface area contributed by atoms with E-state index in [0.717, 1.165) is 48.8 Å². The molecule has 0 bridgehead atoms. The molecule has 0 saturated carbocycles. The first-order valence-corrected chi connectivity index (χ1v) is 11.2. The van der Waals surface area contributed by atoms with E-state index in [1.54, 1.807) is 6.08 Å². The summed E-state index contributed by atoms with van der Waals surface area (Å²) < 4.78 is 13.5. The van der Waals surface area contributed by atoms with E-state index >= 15 is 0 Å². The molecule has 0 amide bonds. The van der Waals surface area contributed by atoms with Gasteiger partial charge in [0.2, 0.25) is 0 Å². The maximum atomic E-state index is 13.5. The summed E-state index contributed by atoms with van der Waals surface area (Å²) in [5, 5.41) is 3.54. The Hall–Kier alpha value is -2.23. The quantitative estimate of drug-likeness (QED) is 0.438. The highest BCUT2D eigenvalue weighted by Gasteiger charge is 2.20. The van der Waals surface area contributed by atoms with Crippen LogP contribution in [-0.4, -0.2) is 30.5 Å². The molecule has 4 heteroatoms. The van der Waals surface area contributed by atoms with Crippen molar-refractivity contribution in [3.05, 3.63) is 53.8 Å². The maximum absolute atomic E-state index is 13.5. The van der Waals surface area contributed by atoms with E-state index in [1.807, 2.05) is 24.6 Å². The summed E-state index contributed by atoms with van der Waals surface area (Å²) in [6.45, 7) is 1.84. The predicted molar refractivity (Wildman–Crippen MR) is 120 cm³/mol. The first kappa shape index (κ1) is 20.1. The van der Waals surface area contributed by atoms with Crippen molar-refractivity contribution in [2.75, 3.05) is 18.4 Å². The first-order valence-electron chi connectivity index (χ1n) is 11.2. The van der Waals surface area contributed by atoms with E-state index in [-0.39, 0.29) is 0 Å². The van der Waals surface area contributed by atoms with Gasteiger partial charge in [-0.1, -0.05) is 24.3 Å². The summed E-state index contributed by atoms with van der Waals surface area (Å²) in [5.41, 5.74) is 3.56. The maximum Gasteiger partial charge on any atom is 0.126 e. The van der Waals surface area contributed by atoms with Gasteiger partial charge < -0.3 is 5.32 Å². The zero-order chi connectivity index (χ0) is 19.9. The van der Waals surface area contributed by atoms with Gasteiger partial charge in [0.05, 0.1) is 0 Å². The van der Waals surface area contributed by atoms with Crippen LogP contribution in [-0.2, 0) is 0 Å². The summed E-state index contributed by atoms with van der Waals surface area (Å²) in [5.74, 6) is 2.26. The smallest absolute Gasteiger partial charge is 0.126 e. The Morgan fingerprint density at radius 2 is 2.10 bits per heavy atom. The Bertz CT molecular complexity index is 808. The average molecular weight is 394 g/mol. The van der Waals surface area contributed by atoms with Crippen LogP contribution in [0.1, 0.15) is 68.4 Å². The number of rotatable bonds is 7. The largest absolute Gasteiger partial charge is 0.370 e. The minimum Gasteiger partial charge on any atom is -0.370 e. The second kappa shape index (κ2) is 10.00. The van der Waals surface area contributed by atoms with Crippen LogP contribution in [0.25, 0.3) is 5.57 Å². The zero-order valence-corrected chi connectivity index (χ0v) is 17.2. The summed E-state index contributed by atoms with van der Waals surface area (Å²) in [4.78, 5) is 9.08. The zero-order valence-electron chi connectivity index (χ0n) is 17.2. The Morgan fingerprint density at radius 1 is 1.14 bits per heavy atom. The molecule has 1 aliphatic heterocycles. The van der Waals surface area contributed by atoms with E-state index in [9.17, 15) is 4.39 Å². The Balaban J connectivity index is 1.43. The number of halogens is 1. The van der Waals surface area contributed by atoms with Crippen molar-refractivity contribution in [2.45, 2.75) is 63.5 Å². The molecule has 0 radical (unpaired) electrons. The van der Waals surface area contributed by atoms with Crippen molar-refractivity contribution < 1.29 is 4.39 Å². The number of aromatic nitrogens is 1. The van der Waals surface area contributed by atoms with E-state index in [4.69, 9.17) is 0 Å². The van der Waals surface area contributed by atoms with Gasteiger partial charge in [-0.2, -0.15) is 0 Å². The molecule has 2 heterocycles. The van der Waals surface area contributed by atoms with Crippen molar-refractivity contribution in [3.8, 4) is 0 Å². The molecular weight excluding hydrogens is 361 g/mol. The molecule has 3 nitrogen and oxygen atoms in total. The third-order valence-corrected chi connectivity index (χ3v) is 6.33. The normalized spacial score (nSPS) is 26.4. The third-order valence-electron chi connectivity index (χ3n) is 6.33. The lowest BCUT2D eigenvalue weighted by atomic mass is 9.85. The van der Waals surface area contributed by atoms with Crippen LogP contribution in [0.4, 0.5) is 10.2 Å². The van der Waals surface area contributed by atoms with Crippen LogP contribution >= 0.6 is 0 Å². The van der Waals surface area contributed by atoms with Crippen molar-refractivity contribution in [3.63, 3.8) is 0 Å². The van der Waals surface area contributed by atoms with E-state index in [1.165, 1.54) is 37.7 Å². The van der Waals surface area contributed by atoms with Gasteiger partial charge in [-0.05, 0) is 86.3 Å². The van der Waals surface area contributed by atoms with Gasteiger partial charge in [0.15, 0.2) is 0 Å². The van der Waals surface area contributed by atoms with Crippen LogP contribution in [0.2, 0.25) is 0 Å². The molecule has 0 saturated heterocycles. The Labute approximate surface area is 173 Å². The van der Waals surface area contributed by atoms with Gasteiger partial charge in [-0.25, -0.2) is 9.37 Å². The van der Waals surface area contributed by atoms with Crippen LogP contribution in [0, 0.1) is 5.92 Å². The fraction of sp³-hybridized carbons (Fsp3) is 0.520. The lowest BCUT2D eigenvalue weighted by molar-refractivity contribution is 0.402. The van der Waals surface area contributed by atoms with Crippen molar-refractivity contribution in [2.24, 2.45) is 10.9 Å². The molecule has 154 valence electrons. The molecule has 0 fully saturated rings. The third kappa shape index (κ3) is 5.43. The number of aliphatic imine (C=N–C) groups is 1. The Morgan fingerprint density at radius 3 is 2.86 bits per heavy atom. The average Bonchev–Trinajstić information content (AvgIpc) is 2.79. The van der Waals surface area contributed by atoms with Gasteiger partial charge in [-0.3, -0.25) is 4.99 Å². The molecule has 2 aliphatic carbocycles. The SMILES string of the molecule is FC1C=CC(c2cnc(NCCCC3CC=CCC3)cc2C2CC=NCC2)=CC1. The molecule has 1 aromatic heterocycles. The monoisotopic (exact) mass is 393 g/mol. The Kier molecular flexibility index (Phi) is 6.91. The summed E-state index contributed by atoms with van der Waals surface area (Å²) in [7, 11) is 0. The van der Waals surface area contributed by atoms with Gasteiger partial charge in [0.25, 0.3) is 0 Å². The number of nitrogens with zero attached hydrogens (tertiary/aromatic N) is 2. The minimum absolute atomic E-state index is 0.452. The summed E-state index contributed by atoms with van der Waals surface area (Å²) in [6, 6.07) is 2.22. The molecule has 0 spiro atoms. The van der Waals surface area contributed by atoms with E-state index < -0.39 is 6.17 Å². The fourth-order valence-electron chi connectivity index (χ4n) is 4.59. The van der Waals surface area contributed by atoms with Gasteiger partial charge in [-0.15, -0.1) is 0 Å². The van der Waals surface area contributed by atoms with Crippen molar-refractivity contribution in [1.82, 2.24) is 4.98 Å². The molecule has 3 aliphatic rings. The first-order chi connectivity index (χ1) is 14.3. The molecular formula is C25H32FN3. The van der Waals surface area contributed by atoms with Crippen molar-refractivity contribution >= 4 is 17.6 Å². The number of nitrogens with one attached hydrogen (secondary N) is 1. The second-order valence-corrected chi connectivity index (χ2v) is 8.46. The molecule has 0 aromatic carbocycles. The molecule has 1 aromatic rings. The highest BCUT2D eigenvalue weighted by atomic mass is 19.1. The van der Waals surface area contributed by atoms with E-state index in [2.05, 4.69) is 33.5 Å². The predicted octanol–water partition coefficient (Wildman–Crippen LogP) is 6.26. The molecule has 3 atom stereocenters. The second-order valence-electron chi connectivity index (χ2n) is 8.46. The highest BCUT2D eigenvalue weighted by molar-refractivity contribution is 5.78. The van der Waals surface area contributed by atoms with Gasteiger partial charge >= 0.3 is 0 Å². The van der Waals surface area contributed by atoms with Crippen LogP contribution in [0.15, 0.2) is 47.6 Å². The lowest BCUT2D eigenvalue weighted by Gasteiger charge is -2.23. The lowest BCUT2D eigenvalue weighted by Crippen LogP contribution is -2.12. The number of anilines is 1. The van der Waals surface area contributed by atoms with Crippen molar-refractivity contribution in [1.29, 1.82) is 0 Å². The van der Waals surface area contributed by atoms with Gasteiger partial charge in [0, 0.05) is 31.3 Å². The fourth-order valence-corrected chi connectivity index (χ4v) is 4.59. The van der Waals surface area contributed by atoms with E-state index in [0.29, 0.717) is 12.3 Å². The molecule has 4 rings (SSSR count). The number of allylic oxidation sites excluding steroid dienone is 6. The topological polar surface area (TPSA) is 37.3 Å². The minimum atomic E-state index is -0.863. The van der Waals surface area contributed by atoms with Crippen LogP contribution in [0.3, 0.4) is 0 Å². The molecule has 1 N–H and O–H groups in total. The number of pyridine rings is 1.